The van der Waals surface area contributed by atoms with Gasteiger partial charge in [0, 0.05) is 44.9 Å². The second-order valence-corrected chi connectivity index (χ2v) is 8.80. The van der Waals surface area contributed by atoms with Gasteiger partial charge in [-0.15, -0.1) is 11.8 Å². The smallest absolute Gasteiger partial charge is 0.348 e. The van der Waals surface area contributed by atoms with Crippen molar-refractivity contribution >= 4 is 17.7 Å². The van der Waals surface area contributed by atoms with E-state index in [0.717, 1.165) is 43.9 Å². The lowest BCUT2D eigenvalue weighted by Gasteiger charge is -2.39. The lowest BCUT2D eigenvalue weighted by atomic mass is 9.84. The summed E-state index contributed by atoms with van der Waals surface area (Å²) in [6, 6.07) is 19.8. The number of nitrogens with one attached hydrogen (secondary N) is 1. The Balaban J connectivity index is 1.53. The number of hydrogen-bond donors (Lipinski definition) is 2. The van der Waals surface area contributed by atoms with E-state index in [1.165, 1.54) is 11.8 Å². The van der Waals surface area contributed by atoms with E-state index in [1.807, 2.05) is 60.7 Å². The normalized spacial score (nSPS) is 22.7. The molecule has 1 atom stereocenters. The number of ether oxygens (including phenoxy) is 1. The Kier molecular flexibility index (Phi) is 6.77. The molecule has 0 spiro atoms. The molecule has 4 rings (SSSR count). The minimum Gasteiger partial charge on any atom is -0.511 e. The molecule has 2 heterocycles. The molecule has 2 N–H and O–H groups in total. The van der Waals surface area contributed by atoms with Crippen LogP contribution in [0.2, 0.25) is 0 Å². The molecule has 2 aliphatic heterocycles. The molecule has 5 nitrogen and oxygen atoms in total. The van der Waals surface area contributed by atoms with Crippen LogP contribution in [0, 0.1) is 0 Å². The zero-order valence-electron chi connectivity index (χ0n) is 17.0. The molecule has 0 radical (unpaired) electrons. The van der Waals surface area contributed by atoms with Crippen LogP contribution in [-0.2, 0) is 20.9 Å². The highest BCUT2D eigenvalue weighted by atomic mass is 32.2. The van der Waals surface area contributed by atoms with Crippen LogP contribution in [0.15, 0.2) is 71.3 Å². The first-order chi connectivity index (χ1) is 14.7. The number of benzene rings is 2. The maximum Gasteiger partial charge on any atom is 0.348 e. The third-order valence-electron chi connectivity index (χ3n) is 5.76. The molecule has 2 aliphatic rings. The van der Waals surface area contributed by atoms with Crippen molar-refractivity contribution in [3.63, 3.8) is 0 Å². The van der Waals surface area contributed by atoms with Crippen LogP contribution < -0.4 is 5.32 Å². The fourth-order valence-corrected chi connectivity index (χ4v) is 4.96. The van der Waals surface area contributed by atoms with E-state index in [9.17, 15) is 9.90 Å². The van der Waals surface area contributed by atoms with Gasteiger partial charge < -0.3 is 20.1 Å². The Bertz CT molecular complexity index is 882. The molecule has 1 unspecified atom stereocenters. The molecule has 0 amide bonds. The zero-order chi connectivity index (χ0) is 20.8. The molecule has 0 aliphatic carbocycles. The highest BCUT2D eigenvalue weighted by Crippen LogP contribution is 2.43. The van der Waals surface area contributed by atoms with Crippen LogP contribution in [0.4, 0.5) is 0 Å². The number of aliphatic hydroxyl groups is 1. The third kappa shape index (κ3) is 4.89. The molecule has 0 saturated carbocycles. The summed E-state index contributed by atoms with van der Waals surface area (Å²) in [7, 11) is 0. The number of cyclic esters (lactones) is 1. The van der Waals surface area contributed by atoms with Crippen LogP contribution in [0.1, 0.15) is 24.0 Å². The summed E-state index contributed by atoms with van der Waals surface area (Å²) in [4.78, 5) is 15.7. The molecule has 0 aromatic heterocycles. The van der Waals surface area contributed by atoms with E-state index < -0.39 is 11.6 Å². The predicted molar refractivity (Wildman–Crippen MR) is 120 cm³/mol. The molecule has 1 fully saturated rings. The van der Waals surface area contributed by atoms with E-state index in [4.69, 9.17) is 4.74 Å². The van der Waals surface area contributed by atoms with Gasteiger partial charge in [-0.2, -0.15) is 0 Å². The van der Waals surface area contributed by atoms with Gasteiger partial charge in [-0.05, 0) is 11.1 Å². The fourth-order valence-electron chi connectivity index (χ4n) is 4.06. The van der Waals surface area contributed by atoms with Gasteiger partial charge in [0.15, 0.2) is 0 Å². The Hall–Kier alpha value is -2.28. The monoisotopic (exact) mass is 424 g/mol. The van der Waals surface area contributed by atoms with E-state index in [0.29, 0.717) is 23.5 Å². The number of carbonyl (C=O) groups is 1. The molecular formula is C24H28N2O3S. The van der Waals surface area contributed by atoms with Crippen molar-refractivity contribution in [1.82, 2.24) is 10.2 Å². The molecule has 30 heavy (non-hydrogen) atoms. The quantitative estimate of drug-likeness (QED) is 0.659. The number of carbonyl (C=O) groups excluding carboxylic acids is 1. The lowest BCUT2D eigenvalue weighted by Crippen LogP contribution is -2.46. The van der Waals surface area contributed by atoms with Crippen molar-refractivity contribution in [2.45, 2.75) is 24.2 Å². The summed E-state index contributed by atoms with van der Waals surface area (Å²) < 4.78 is 6.10. The van der Waals surface area contributed by atoms with Gasteiger partial charge in [-0.3, -0.25) is 0 Å². The van der Waals surface area contributed by atoms with Gasteiger partial charge in [0.05, 0.1) is 6.42 Å². The minimum atomic E-state index is -0.829. The number of piperazine rings is 1. The summed E-state index contributed by atoms with van der Waals surface area (Å²) in [5.41, 5.74) is 1.21. The Morgan fingerprint density at radius 3 is 2.37 bits per heavy atom. The fraction of sp³-hybridized carbons (Fsp3) is 0.375. The summed E-state index contributed by atoms with van der Waals surface area (Å²) in [6.07, 6.45) is 0.968. The molecule has 158 valence electrons. The van der Waals surface area contributed by atoms with Crippen LogP contribution in [-0.4, -0.2) is 48.7 Å². The highest BCUT2D eigenvalue weighted by Gasteiger charge is 2.43. The topological polar surface area (TPSA) is 61.8 Å². The van der Waals surface area contributed by atoms with Crippen molar-refractivity contribution in [3.8, 4) is 0 Å². The predicted octanol–water partition coefficient (Wildman–Crippen LogP) is 3.83. The molecule has 1 saturated heterocycles. The van der Waals surface area contributed by atoms with Gasteiger partial charge in [0.1, 0.15) is 16.3 Å². The van der Waals surface area contributed by atoms with Crippen LogP contribution in [0.3, 0.4) is 0 Å². The first kappa shape index (κ1) is 21.0. The average molecular weight is 425 g/mol. The van der Waals surface area contributed by atoms with Crippen LogP contribution >= 0.6 is 11.8 Å². The van der Waals surface area contributed by atoms with Crippen molar-refractivity contribution in [2.75, 3.05) is 32.7 Å². The maximum absolute atomic E-state index is 13.0. The van der Waals surface area contributed by atoms with E-state index >= 15 is 0 Å². The van der Waals surface area contributed by atoms with Gasteiger partial charge in [-0.25, -0.2) is 4.79 Å². The van der Waals surface area contributed by atoms with Gasteiger partial charge in [0.2, 0.25) is 0 Å². The maximum atomic E-state index is 13.0. The number of nitrogens with zero attached hydrogens (tertiary/aromatic N) is 1. The number of rotatable bonds is 7. The Morgan fingerprint density at radius 1 is 1.03 bits per heavy atom. The second-order valence-electron chi connectivity index (χ2n) is 7.82. The van der Waals surface area contributed by atoms with E-state index in [1.54, 1.807) is 0 Å². The van der Waals surface area contributed by atoms with Gasteiger partial charge in [0.25, 0.3) is 0 Å². The van der Waals surface area contributed by atoms with E-state index in [-0.39, 0.29) is 5.76 Å². The summed E-state index contributed by atoms with van der Waals surface area (Å²) in [6.45, 7) is 4.74. The highest BCUT2D eigenvalue weighted by molar-refractivity contribution is 8.03. The third-order valence-corrected chi connectivity index (χ3v) is 6.92. The van der Waals surface area contributed by atoms with Crippen molar-refractivity contribution in [2.24, 2.45) is 0 Å². The first-order valence-electron chi connectivity index (χ1n) is 10.5. The number of esters is 1. The van der Waals surface area contributed by atoms with Crippen molar-refractivity contribution in [1.29, 1.82) is 0 Å². The summed E-state index contributed by atoms with van der Waals surface area (Å²) in [5, 5.41) is 14.2. The lowest BCUT2D eigenvalue weighted by molar-refractivity contribution is -0.160. The number of thioether (sulfide) groups is 1. The van der Waals surface area contributed by atoms with E-state index in [2.05, 4.69) is 10.2 Å². The molecular weight excluding hydrogens is 396 g/mol. The zero-order valence-corrected chi connectivity index (χ0v) is 17.9. The SMILES string of the molecule is O=C1OC(CCN2CCNCC2)(c2ccccc2)CC(O)=C1SCc1ccccc1. The molecule has 0 bridgehead atoms. The largest absolute Gasteiger partial charge is 0.511 e. The van der Waals surface area contributed by atoms with Crippen molar-refractivity contribution < 1.29 is 14.6 Å². The second kappa shape index (κ2) is 9.69. The van der Waals surface area contributed by atoms with Crippen LogP contribution in [0.25, 0.3) is 0 Å². The molecule has 2 aromatic carbocycles. The number of aliphatic hydroxyl groups excluding tert-OH is 1. The van der Waals surface area contributed by atoms with Gasteiger partial charge >= 0.3 is 5.97 Å². The Morgan fingerprint density at radius 2 is 1.70 bits per heavy atom. The molecule has 2 aromatic rings. The standard InChI is InChI=1S/C24H28N2O3S/c27-21-17-24(20-9-5-2-6-10-20,11-14-26-15-12-25-13-16-26)29-23(28)22(21)30-18-19-7-3-1-4-8-19/h1-10,25,27H,11-18H2. The van der Waals surface area contributed by atoms with Crippen molar-refractivity contribution in [3.05, 3.63) is 82.5 Å². The minimum absolute atomic E-state index is 0.136. The summed E-state index contributed by atoms with van der Waals surface area (Å²) >= 11 is 1.35. The Labute approximate surface area is 182 Å². The number of hydrogen-bond acceptors (Lipinski definition) is 6. The average Bonchev–Trinajstić information content (AvgIpc) is 2.79. The molecule has 6 heteroatoms. The van der Waals surface area contributed by atoms with Crippen LogP contribution in [0.5, 0.6) is 0 Å². The summed E-state index contributed by atoms with van der Waals surface area (Å²) in [5.74, 6) is 0.328. The first-order valence-corrected chi connectivity index (χ1v) is 11.5. The van der Waals surface area contributed by atoms with Gasteiger partial charge in [-0.1, -0.05) is 60.7 Å².